The van der Waals surface area contributed by atoms with E-state index in [2.05, 4.69) is 0 Å². The Morgan fingerprint density at radius 2 is 1.90 bits per heavy atom. The monoisotopic (exact) mass is 296 g/mol. The molecule has 0 bridgehead atoms. The highest BCUT2D eigenvalue weighted by molar-refractivity contribution is 5.76. The van der Waals surface area contributed by atoms with E-state index < -0.39 is 29.6 Å². The number of hydrogen-bond donors (Lipinski definition) is 3. The molecule has 5 N–H and O–H groups in total. The van der Waals surface area contributed by atoms with Crippen molar-refractivity contribution in [2.75, 3.05) is 0 Å². The lowest BCUT2D eigenvalue weighted by Crippen LogP contribution is -2.33. The molecule has 118 valence electrons. The van der Waals surface area contributed by atoms with E-state index in [0.29, 0.717) is 6.42 Å². The van der Waals surface area contributed by atoms with E-state index in [1.54, 1.807) is 0 Å². The predicted octanol–water partition coefficient (Wildman–Crippen LogP) is 2.07. The molecule has 1 amide bonds. The molecule has 1 aromatic rings. The maximum absolute atomic E-state index is 13.5. The van der Waals surface area contributed by atoms with E-state index >= 15 is 0 Å². The minimum absolute atomic E-state index is 0.140. The summed E-state index contributed by atoms with van der Waals surface area (Å²) in [5, 5.41) is 10.2. The van der Waals surface area contributed by atoms with Crippen molar-refractivity contribution in [2.45, 2.75) is 50.9 Å². The highest BCUT2D eigenvalue weighted by Crippen LogP contribution is 2.25. The van der Waals surface area contributed by atoms with Crippen molar-refractivity contribution in [3.05, 3.63) is 35.9 Å². The van der Waals surface area contributed by atoms with Gasteiger partial charge in [-0.15, -0.1) is 0 Å². The summed E-state index contributed by atoms with van der Waals surface area (Å²) in [7, 11) is 0. The van der Waals surface area contributed by atoms with Crippen molar-refractivity contribution in [2.24, 2.45) is 17.4 Å². The molecule has 0 aliphatic carbocycles. The van der Waals surface area contributed by atoms with E-state index in [9.17, 15) is 14.3 Å². The van der Waals surface area contributed by atoms with Crippen LogP contribution in [0, 0.1) is 5.92 Å². The molecule has 0 unspecified atom stereocenters. The molecule has 1 aromatic carbocycles. The third-order valence-corrected chi connectivity index (χ3v) is 3.61. The molecular weight excluding hydrogens is 271 g/mol. The van der Waals surface area contributed by atoms with Crippen molar-refractivity contribution in [1.82, 2.24) is 0 Å². The second-order valence-corrected chi connectivity index (χ2v) is 6.10. The molecule has 0 spiro atoms. The van der Waals surface area contributed by atoms with Crippen LogP contribution in [0.4, 0.5) is 4.39 Å². The van der Waals surface area contributed by atoms with Crippen LogP contribution in [0.2, 0.25) is 0 Å². The smallest absolute Gasteiger partial charge is 0.220 e. The molecule has 0 heterocycles. The summed E-state index contributed by atoms with van der Waals surface area (Å²) in [6.45, 7) is 2.91. The lowest BCUT2D eigenvalue weighted by molar-refractivity contribution is -0.123. The highest BCUT2D eigenvalue weighted by atomic mass is 19.1. The maximum Gasteiger partial charge on any atom is 0.220 e. The number of rotatable bonds is 8. The van der Waals surface area contributed by atoms with Crippen LogP contribution >= 0.6 is 0 Å². The van der Waals surface area contributed by atoms with Crippen LogP contribution < -0.4 is 11.5 Å². The molecule has 3 atom stereocenters. The fourth-order valence-electron chi connectivity index (χ4n) is 2.23. The molecule has 0 aliphatic rings. The Labute approximate surface area is 125 Å². The Morgan fingerprint density at radius 3 is 2.38 bits per heavy atom. The lowest BCUT2D eigenvalue weighted by Gasteiger charge is -2.24. The highest BCUT2D eigenvalue weighted by Gasteiger charge is 2.27. The molecule has 0 aromatic heterocycles. The second-order valence-electron chi connectivity index (χ2n) is 6.10. The van der Waals surface area contributed by atoms with Crippen molar-refractivity contribution < 1.29 is 14.3 Å². The largest absolute Gasteiger partial charge is 0.391 e. The van der Waals surface area contributed by atoms with Crippen LogP contribution in [0.25, 0.3) is 0 Å². The molecule has 0 aliphatic heterocycles. The third-order valence-electron chi connectivity index (χ3n) is 3.61. The Kier molecular flexibility index (Phi) is 6.30. The Balaban J connectivity index is 2.64. The number of aliphatic hydroxyl groups excluding tert-OH is 1. The van der Waals surface area contributed by atoms with Crippen LogP contribution in [-0.2, 0) is 4.79 Å². The average molecular weight is 296 g/mol. The van der Waals surface area contributed by atoms with Gasteiger partial charge in [0.1, 0.15) is 5.67 Å². The Hall–Kier alpha value is -1.46. The van der Waals surface area contributed by atoms with Crippen molar-refractivity contribution in [3.8, 4) is 0 Å². The van der Waals surface area contributed by atoms with E-state index in [1.165, 1.54) is 13.8 Å². The topological polar surface area (TPSA) is 89.3 Å². The SMILES string of the molecule is CC(C)(F)CC[C@H](C[C@H](O)[C@@H](N)c1ccccc1)C(N)=O. The van der Waals surface area contributed by atoms with Gasteiger partial charge in [0.15, 0.2) is 0 Å². The van der Waals surface area contributed by atoms with Crippen molar-refractivity contribution in [1.29, 1.82) is 0 Å². The van der Waals surface area contributed by atoms with Gasteiger partial charge in [0.25, 0.3) is 0 Å². The van der Waals surface area contributed by atoms with Gasteiger partial charge in [-0.1, -0.05) is 30.3 Å². The standard InChI is InChI=1S/C16H25FN2O2/c1-16(2,17)9-8-12(15(19)21)10-13(20)14(18)11-6-4-3-5-7-11/h3-7,12-14,20H,8-10,18H2,1-2H3,(H2,19,21)/t12-,13+,14+/m1/s1. The molecular formula is C16H25FN2O2. The van der Waals surface area contributed by atoms with Gasteiger partial charge in [0.05, 0.1) is 12.1 Å². The van der Waals surface area contributed by atoms with E-state index in [-0.39, 0.29) is 12.8 Å². The Morgan fingerprint density at radius 1 is 1.33 bits per heavy atom. The van der Waals surface area contributed by atoms with Gasteiger partial charge in [-0.25, -0.2) is 4.39 Å². The zero-order valence-electron chi connectivity index (χ0n) is 12.6. The summed E-state index contributed by atoms with van der Waals surface area (Å²) in [5.74, 6) is -1.11. The first-order chi connectivity index (χ1) is 9.70. The minimum atomic E-state index is -1.36. The number of nitrogens with two attached hydrogens (primary N) is 2. The molecule has 4 nitrogen and oxygen atoms in total. The zero-order chi connectivity index (χ0) is 16.0. The van der Waals surface area contributed by atoms with Crippen LogP contribution in [0.3, 0.4) is 0 Å². The number of amides is 1. The van der Waals surface area contributed by atoms with Gasteiger partial charge in [-0.3, -0.25) is 4.79 Å². The molecule has 0 saturated heterocycles. The van der Waals surface area contributed by atoms with Gasteiger partial charge in [-0.2, -0.15) is 0 Å². The summed E-state index contributed by atoms with van der Waals surface area (Å²) >= 11 is 0. The van der Waals surface area contributed by atoms with Gasteiger partial charge >= 0.3 is 0 Å². The molecule has 0 fully saturated rings. The average Bonchev–Trinajstić information content (AvgIpc) is 2.42. The summed E-state index contributed by atoms with van der Waals surface area (Å²) in [6.07, 6.45) is -0.236. The van der Waals surface area contributed by atoms with E-state index in [1.807, 2.05) is 30.3 Å². The Bertz CT molecular complexity index is 445. The number of halogens is 1. The fourth-order valence-corrected chi connectivity index (χ4v) is 2.23. The number of benzene rings is 1. The van der Waals surface area contributed by atoms with Gasteiger partial charge in [-0.05, 0) is 38.7 Å². The van der Waals surface area contributed by atoms with Crippen molar-refractivity contribution in [3.63, 3.8) is 0 Å². The summed E-state index contributed by atoms with van der Waals surface area (Å²) in [5.41, 5.74) is 10.8. The molecule has 5 heteroatoms. The number of primary amides is 1. The molecule has 0 radical (unpaired) electrons. The number of alkyl halides is 1. The van der Waals surface area contributed by atoms with Crippen LogP contribution in [0.1, 0.15) is 44.7 Å². The van der Waals surface area contributed by atoms with Crippen molar-refractivity contribution >= 4 is 5.91 Å². The van der Waals surface area contributed by atoms with Gasteiger partial charge < -0.3 is 16.6 Å². The summed E-state index contributed by atoms with van der Waals surface area (Å²) < 4.78 is 13.5. The lowest BCUT2D eigenvalue weighted by atomic mass is 9.88. The van der Waals surface area contributed by atoms with Gasteiger partial charge in [0, 0.05) is 5.92 Å². The maximum atomic E-state index is 13.5. The normalized spacial score (nSPS) is 16.2. The fraction of sp³-hybridized carbons (Fsp3) is 0.562. The minimum Gasteiger partial charge on any atom is -0.391 e. The number of aliphatic hydroxyl groups is 1. The number of carbonyl (C=O) groups is 1. The van der Waals surface area contributed by atoms with Gasteiger partial charge in [0.2, 0.25) is 5.91 Å². The predicted molar refractivity (Wildman–Crippen MR) is 81.1 cm³/mol. The molecule has 1 rings (SSSR count). The van der Waals surface area contributed by atoms with Crippen LogP contribution in [0.5, 0.6) is 0 Å². The first-order valence-electron chi connectivity index (χ1n) is 7.17. The second kappa shape index (κ2) is 7.52. The summed E-state index contributed by atoms with van der Waals surface area (Å²) in [6, 6.07) is 8.57. The quantitative estimate of drug-likeness (QED) is 0.686. The van der Waals surface area contributed by atoms with E-state index in [4.69, 9.17) is 11.5 Å². The van der Waals surface area contributed by atoms with E-state index in [0.717, 1.165) is 5.56 Å². The molecule has 21 heavy (non-hydrogen) atoms. The first kappa shape index (κ1) is 17.6. The number of carbonyl (C=O) groups excluding carboxylic acids is 1. The third kappa shape index (κ3) is 6.23. The van der Waals surface area contributed by atoms with Crippen LogP contribution in [0.15, 0.2) is 30.3 Å². The zero-order valence-corrected chi connectivity index (χ0v) is 12.6. The van der Waals surface area contributed by atoms with Crippen LogP contribution in [-0.4, -0.2) is 22.8 Å². The first-order valence-corrected chi connectivity index (χ1v) is 7.17. The summed E-state index contributed by atoms with van der Waals surface area (Å²) in [4.78, 5) is 11.5. The molecule has 0 saturated carbocycles. The number of hydrogen-bond acceptors (Lipinski definition) is 3.